The van der Waals surface area contributed by atoms with Crippen LogP contribution in [0.5, 0.6) is 0 Å². The summed E-state index contributed by atoms with van der Waals surface area (Å²) < 4.78 is 27.6. The van der Waals surface area contributed by atoms with E-state index in [0.717, 1.165) is 5.56 Å². The fraction of sp³-hybridized carbons (Fsp3) is 0.600. The first-order valence-corrected chi connectivity index (χ1v) is 8.30. The Balaban J connectivity index is 3.05. The lowest BCUT2D eigenvalue weighted by atomic mass is 9.82. The van der Waals surface area contributed by atoms with Gasteiger partial charge in [-0.3, -0.25) is 0 Å². The smallest absolute Gasteiger partial charge is 0.242 e. The number of nitrogens with two attached hydrogens (primary N) is 1. The lowest BCUT2D eigenvalue weighted by Gasteiger charge is -2.27. The van der Waals surface area contributed by atoms with Crippen molar-refractivity contribution in [3.05, 3.63) is 23.3 Å². The number of sulfonamides is 1. The molecule has 1 rings (SSSR count). The average Bonchev–Trinajstić information content (AvgIpc) is 2.30. The van der Waals surface area contributed by atoms with Gasteiger partial charge in [0.15, 0.2) is 0 Å². The molecule has 0 saturated heterocycles. The predicted molar refractivity (Wildman–Crippen MR) is 84.1 cm³/mol. The van der Waals surface area contributed by atoms with Crippen molar-refractivity contribution in [3.63, 3.8) is 0 Å². The zero-order valence-electron chi connectivity index (χ0n) is 13.2. The highest BCUT2D eigenvalue weighted by atomic mass is 32.2. The van der Waals surface area contributed by atoms with E-state index >= 15 is 0 Å². The second-order valence-corrected chi connectivity index (χ2v) is 8.26. The number of rotatable bonds is 4. The lowest BCUT2D eigenvalue weighted by Crippen LogP contribution is -2.34. The number of nitrogen functional groups attached to an aromatic ring is 1. The molecule has 0 amide bonds. The van der Waals surface area contributed by atoms with Crippen LogP contribution in [0.25, 0.3) is 0 Å². The minimum Gasteiger partial charge on any atom is -0.397 e. The molecule has 0 aliphatic carbocycles. The molecule has 0 aliphatic heterocycles. The largest absolute Gasteiger partial charge is 0.397 e. The Labute approximate surface area is 122 Å². The fourth-order valence-electron chi connectivity index (χ4n) is 1.78. The van der Waals surface area contributed by atoms with E-state index in [4.69, 9.17) is 5.73 Å². The van der Waals surface area contributed by atoms with Gasteiger partial charge in [-0.15, -0.1) is 0 Å². The molecule has 0 saturated carbocycles. The van der Waals surface area contributed by atoms with Crippen molar-refractivity contribution in [2.75, 3.05) is 12.3 Å². The first-order valence-electron chi connectivity index (χ1n) is 6.82. The molecule has 0 aromatic heterocycles. The normalized spacial score (nSPS) is 14.3. The SMILES string of the molecule is Cc1ccc(C)c(S(=O)(=O)NCC(C)C(C)(C)C)c1N. The van der Waals surface area contributed by atoms with Gasteiger partial charge in [-0.2, -0.15) is 0 Å². The second kappa shape index (κ2) is 5.74. The van der Waals surface area contributed by atoms with Gasteiger partial charge in [0, 0.05) is 6.54 Å². The van der Waals surface area contributed by atoms with Crippen LogP contribution in [0.15, 0.2) is 17.0 Å². The van der Waals surface area contributed by atoms with Gasteiger partial charge in [0.1, 0.15) is 4.90 Å². The van der Waals surface area contributed by atoms with Crippen LogP contribution in [0.2, 0.25) is 0 Å². The van der Waals surface area contributed by atoms with Gasteiger partial charge >= 0.3 is 0 Å². The molecule has 114 valence electrons. The molecule has 1 aromatic carbocycles. The molecule has 5 heteroatoms. The van der Waals surface area contributed by atoms with E-state index < -0.39 is 10.0 Å². The van der Waals surface area contributed by atoms with Crippen molar-refractivity contribution in [3.8, 4) is 0 Å². The molecular weight excluding hydrogens is 272 g/mol. The van der Waals surface area contributed by atoms with E-state index in [0.29, 0.717) is 17.8 Å². The number of hydrogen-bond acceptors (Lipinski definition) is 3. The van der Waals surface area contributed by atoms with Gasteiger partial charge in [-0.1, -0.05) is 39.8 Å². The summed E-state index contributed by atoms with van der Waals surface area (Å²) in [6.07, 6.45) is 0. The van der Waals surface area contributed by atoms with Crippen LogP contribution in [0, 0.1) is 25.2 Å². The first kappa shape index (κ1) is 17.0. The summed E-state index contributed by atoms with van der Waals surface area (Å²) in [6.45, 7) is 12.3. The van der Waals surface area contributed by atoms with Crippen molar-refractivity contribution in [1.82, 2.24) is 4.72 Å². The molecule has 1 atom stereocenters. The van der Waals surface area contributed by atoms with Crippen LogP contribution in [0.4, 0.5) is 5.69 Å². The molecule has 4 nitrogen and oxygen atoms in total. The molecule has 3 N–H and O–H groups in total. The van der Waals surface area contributed by atoms with Crippen LogP contribution in [-0.2, 0) is 10.0 Å². The predicted octanol–water partition coefficient (Wildman–Crippen LogP) is 2.85. The molecule has 1 aromatic rings. The molecule has 0 bridgehead atoms. The standard InChI is InChI=1S/C15H26N2O2S/c1-10-7-8-11(2)14(13(10)16)20(18,19)17-9-12(3)15(4,5)6/h7-8,12,17H,9,16H2,1-6H3. The lowest BCUT2D eigenvalue weighted by molar-refractivity contribution is 0.263. The first-order chi connectivity index (χ1) is 8.97. The number of anilines is 1. The third-order valence-corrected chi connectivity index (χ3v) is 5.56. The van der Waals surface area contributed by atoms with Crippen LogP contribution in [0.1, 0.15) is 38.8 Å². The summed E-state index contributed by atoms with van der Waals surface area (Å²) in [5, 5.41) is 0. The molecule has 0 aliphatic rings. The van der Waals surface area contributed by atoms with Gasteiger partial charge in [0.05, 0.1) is 5.69 Å². The maximum atomic E-state index is 12.5. The Bertz CT molecular complexity index is 587. The van der Waals surface area contributed by atoms with E-state index in [2.05, 4.69) is 25.5 Å². The maximum Gasteiger partial charge on any atom is 0.242 e. The van der Waals surface area contributed by atoms with E-state index in [1.807, 2.05) is 19.9 Å². The second-order valence-electron chi connectivity index (χ2n) is 6.56. The summed E-state index contributed by atoms with van der Waals surface area (Å²) in [5.41, 5.74) is 7.78. The van der Waals surface area contributed by atoms with Crippen LogP contribution < -0.4 is 10.5 Å². The highest BCUT2D eigenvalue weighted by Crippen LogP contribution is 2.28. The molecule has 0 spiro atoms. The van der Waals surface area contributed by atoms with E-state index in [-0.39, 0.29) is 16.2 Å². The van der Waals surface area contributed by atoms with Crippen molar-refractivity contribution in [1.29, 1.82) is 0 Å². The highest BCUT2D eigenvalue weighted by molar-refractivity contribution is 7.89. The third kappa shape index (κ3) is 3.73. The Morgan fingerprint density at radius 3 is 2.20 bits per heavy atom. The Morgan fingerprint density at radius 1 is 1.20 bits per heavy atom. The molecule has 0 radical (unpaired) electrons. The number of benzene rings is 1. The van der Waals surface area contributed by atoms with Gasteiger partial charge < -0.3 is 5.73 Å². The van der Waals surface area contributed by atoms with Crippen molar-refractivity contribution in [2.45, 2.75) is 46.4 Å². The van der Waals surface area contributed by atoms with Crippen molar-refractivity contribution in [2.24, 2.45) is 11.3 Å². The highest BCUT2D eigenvalue weighted by Gasteiger charge is 2.25. The van der Waals surface area contributed by atoms with Gasteiger partial charge in [-0.05, 0) is 36.3 Å². The number of nitrogens with one attached hydrogen (secondary N) is 1. The van der Waals surface area contributed by atoms with Gasteiger partial charge in [-0.25, -0.2) is 13.1 Å². The van der Waals surface area contributed by atoms with Gasteiger partial charge in [0.25, 0.3) is 0 Å². The quantitative estimate of drug-likeness (QED) is 0.840. The van der Waals surface area contributed by atoms with Crippen LogP contribution in [0.3, 0.4) is 0 Å². The fourth-order valence-corrected chi connectivity index (χ4v) is 3.33. The zero-order chi connectivity index (χ0) is 15.7. The van der Waals surface area contributed by atoms with Crippen LogP contribution >= 0.6 is 0 Å². The number of aryl methyl sites for hydroxylation is 2. The Hall–Kier alpha value is -1.07. The summed E-state index contributed by atoms with van der Waals surface area (Å²) >= 11 is 0. The van der Waals surface area contributed by atoms with E-state index in [1.165, 1.54) is 0 Å². The van der Waals surface area contributed by atoms with Gasteiger partial charge in [0.2, 0.25) is 10.0 Å². The monoisotopic (exact) mass is 298 g/mol. The van der Waals surface area contributed by atoms with E-state index in [9.17, 15) is 8.42 Å². The summed E-state index contributed by atoms with van der Waals surface area (Å²) in [4.78, 5) is 0.207. The maximum absolute atomic E-state index is 12.5. The zero-order valence-corrected chi connectivity index (χ0v) is 14.1. The Morgan fingerprint density at radius 2 is 1.70 bits per heavy atom. The van der Waals surface area contributed by atoms with Crippen molar-refractivity contribution >= 4 is 15.7 Å². The molecule has 20 heavy (non-hydrogen) atoms. The molecule has 0 fully saturated rings. The van der Waals surface area contributed by atoms with Crippen molar-refractivity contribution < 1.29 is 8.42 Å². The third-order valence-electron chi connectivity index (χ3n) is 3.94. The summed E-state index contributed by atoms with van der Waals surface area (Å²) in [6, 6.07) is 3.62. The van der Waals surface area contributed by atoms with Crippen LogP contribution in [-0.4, -0.2) is 15.0 Å². The number of hydrogen-bond donors (Lipinski definition) is 2. The minimum absolute atomic E-state index is 0.0513. The average molecular weight is 298 g/mol. The molecule has 0 heterocycles. The summed E-state index contributed by atoms with van der Waals surface area (Å²) in [7, 11) is -3.57. The molecular formula is C15H26N2O2S. The topological polar surface area (TPSA) is 72.2 Å². The Kier molecular flexibility index (Phi) is 4.87. The molecule has 1 unspecified atom stereocenters. The summed E-state index contributed by atoms with van der Waals surface area (Å²) in [5.74, 6) is 0.226. The van der Waals surface area contributed by atoms with E-state index in [1.54, 1.807) is 13.0 Å². The minimum atomic E-state index is -3.57.